The van der Waals surface area contributed by atoms with Crippen LogP contribution >= 0.6 is 0 Å². The van der Waals surface area contributed by atoms with Gasteiger partial charge in [-0.15, -0.1) is 0 Å². The van der Waals surface area contributed by atoms with Gasteiger partial charge in [0.1, 0.15) is 0 Å². The molecular formula is C20H28N2O3. The third-order valence-corrected chi connectivity index (χ3v) is 4.79. The Morgan fingerprint density at radius 2 is 1.96 bits per heavy atom. The van der Waals surface area contributed by atoms with Gasteiger partial charge in [0.2, 0.25) is 5.91 Å². The van der Waals surface area contributed by atoms with E-state index in [4.69, 9.17) is 0 Å². The van der Waals surface area contributed by atoms with Crippen LogP contribution in [-0.4, -0.2) is 49.6 Å². The molecule has 0 bridgehead atoms. The Bertz CT molecular complexity index is 578. The number of nitrogens with zero attached hydrogens (tertiary/aromatic N) is 1. The van der Waals surface area contributed by atoms with Gasteiger partial charge in [0.25, 0.3) is 0 Å². The number of rotatable bonds is 7. The lowest BCUT2D eigenvalue weighted by molar-refractivity contribution is -0.135. The molecular weight excluding hydrogens is 316 g/mol. The lowest BCUT2D eigenvalue weighted by atomic mass is 9.89. The molecule has 136 valence electrons. The molecule has 1 aromatic rings. The van der Waals surface area contributed by atoms with Crippen LogP contribution in [0.25, 0.3) is 0 Å². The fraction of sp³-hybridized carbons (Fsp3) is 0.500. The summed E-state index contributed by atoms with van der Waals surface area (Å²) in [6, 6.07) is 10.4. The Kier molecular flexibility index (Phi) is 7.67. The van der Waals surface area contributed by atoms with Crippen molar-refractivity contribution in [1.82, 2.24) is 10.2 Å². The Balaban J connectivity index is 1.71. The summed E-state index contributed by atoms with van der Waals surface area (Å²) in [6.07, 6.45) is 6.28. The highest BCUT2D eigenvalue weighted by atomic mass is 16.5. The standard InChI is InChI=1S/C20H28N2O3/c1-16(20(24)21-12-6-9-19(23)25-2)22-13-10-18(11-14-22)15-17-7-4-3-5-8-17/h3-9,16,18H,10-15H2,1-2H3,(H,21,24)/b9-6+. The van der Waals surface area contributed by atoms with Crippen molar-refractivity contribution in [2.75, 3.05) is 26.7 Å². The molecule has 1 N–H and O–H groups in total. The van der Waals surface area contributed by atoms with Crippen molar-refractivity contribution >= 4 is 11.9 Å². The minimum Gasteiger partial charge on any atom is -0.466 e. The van der Waals surface area contributed by atoms with E-state index in [0.717, 1.165) is 32.4 Å². The van der Waals surface area contributed by atoms with E-state index in [1.54, 1.807) is 6.08 Å². The summed E-state index contributed by atoms with van der Waals surface area (Å²) in [5, 5.41) is 2.84. The molecule has 1 aromatic carbocycles. The van der Waals surface area contributed by atoms with Gasteiger partial charge in [-0.3, -0.25) is 9.69 Å². The minimum absolute atomic E-state index is 0.00368. The van der Waals surface area contributed by atoms with Gasteiger partial charge in [-0.25, -0.2) is 4.79 Å². The van der Waals surface area contributed by atoms with E-state index in [9.17, 15) is 9.59 Å². The number of nitrogens with one attached hydrogen (secondary N) is 1. The Labute approximate surface area is 150 Å². The van der Waals surface area contributed by atoms with Crippen molar-refractivity contribution in [2.24, 2.45) is 5.92 Å². The van der Waals surface area contributed by atoms with E-state index < -0.39 is 5.97 Å². The van der Waals surface area contributed by atoms with Crippen LogP contribution in [0.1, 0.15) is 25.3 Å². The number of carbonyl (C=O) groups excluding carboxylic acids is 2. The third-order valence-electron chi connectivity index (χ3n) is 4.79. The van der Waals surface area contributed by atoms with Crippen molar-refractivity contribution in [3.05, 3.63) is 48.0 Å². The molecule has 0 spiro atoms. The topological polar surface area (TPSA) is 58.6 Å². The number of piperidine rings is 1. The Morgan fingerprint density at radius 1 is 1.28 bits per heavy atom. The summed E-state index contributed by atoms with van der Waals surface area (Å²) in [7, 11) is 1.33. The number of hydrogen-bond acceptors (Lipinski definition) is 4. The fourth-order valence-corrected chi connectivity index (χ4v) is 3.19. The van der Waals surface area contributed by atoms with Crippen LogP contribution in [0.4, 0.5) is 0 Å². The van der Waals surface area contributed by atoms with Crippen LogP contribution in [0.3, 0.4) is 0 Å². The predicted octanol–water partition coefficient (Wildman–Crippen LogP) is 2.17. The van der Waals surface area contributed by atoms with Crippen molar-refractivity contribution < 1.29 is 14.3 Å². The van der Waals surface area contributed by atoms with Gasteiger partial charge in [-0.1, -0.05) is 36.4 Å². The maximum Gasteiger partial charge on any atom is 0.330 e. The molecule has 1 unspecified atom stereocenters. The van der Waals surface area contributed by atoms with Crippen molar-refractivity contribution in [3.63, 3.8) is 0 Å². The SMILES string of the molecule is COC(=O)/C=C/CNC(=O)C(C)N1CCC(Cc2ccccc2)CC1. The summed E-state index contributed by atoms with van der Waals surface area (Å²) >= 11 is 0. The molecule has 1 saturated heterocycles. The van der Waals surface area contributed by atoms with E-state index in [-0.39, 0.29) is 11.9 Å². The number of carbonyl (C=O) groups is 2. The summed E-state index contributed by atoms with van der Waals surface area (Å²) in [4.78, 5) is 25.4. The Morgan fingerprint density at radius 3 is 2.60 bits per heavy atom. The van der Waals surface area contributed by atoms with Crippen molar-refractivity contribution in [3.8, 4) is 0 Å². The second kappa shape index (κ2) is 9.99. The predicted molar refractivity (Wildman–Crippen MR) is 98.1 cm³/mol. The van der Waals surface area contributed by atoms with Gasteiger partial charge in [0, 0.05) is 12.6 Å². The molecule has 0 aromatic heterocycles. The number of esters is 1. The smallest absolute Gasteiger partial charge is 0.330 e. The van der Waals surface area contributed by atoms with Crippen LogP contribution in [0, 0.1) is 5.92 Å². The highest BCUT2D eigenvalue weighted by Crippen LogP contribution is 2.22. The molecule has 0 saturated carbocycles. The van der Waals surface area contributed by atoms with Gasteiger partial charge in [0.15, 0.2) is 0 Å². The molecule has 1 aliphatic rings. The lowest BCUT2D eigenvalue weighted by Crippen LogP contribution is -2.48. The van der Waals surface area contributed by atoms with Crippen LogP contribution in [0.5, 0.6) is 0 Å². The highest BCUT2D eigenvalue weighted by molar-refractivity contribution is 5.83. The zero-order valence-corrected chi connectivity index (χ0v) is 15.1. The first-order chi connectivity index (χ1) is 12.1. The summed E-state index contributed by atoms with van der Waals surface area (Å²) < 4.78 is 4.51. The Hall–Kier alpha value is -2.14. The number of hydrogen-bond donors (Lipinski definition) is 1. The highest BCUT2D eigenvalue weighted by Gasteiger charge is 2.26. The molecule has 1 atom stereocenters. The second-order valence-electron chi connectivity index (χ2n) is 6.52. The van der Waals surface area contributed by atoms with Gasteiger partial charge in [-0.05, 0) is 50.8 Å². The lowest BCUT2D eigenvalue weighted by Gasteiger charge is -2.35. The first-order valence-electron chi connectivity index (χ1n) is 8.90. The number of methoxy groups -OCH3 is 1. The van der Waals surface area contributed by atoms with Crippen LogP contribution in [-0.2, 0) is 20.7 Å². The molecule has 5 nitrogen and oxygen atoms in total. The fourth-order valence-electron chi connectivity index (χ4n) is 3.19. The van der Waals surface area contributed by atoms with Gasteiger partial charge < -0.3 is 10.1 Å². The first-order valence-corrected chi connectivity index (χ1v) is 8.90. The molecule has 1 aliphatic heterocycles. The van der Waals surface area contributed by atoms with E-state index in [1.807, 2.05) is 13.0 Å². The van der Waals surface area contributed by atoms with Crippen molar-refractivity contribution in [2.45, 2.75) is 32.2 Å². The maximum atomic E-state index is 12.2. The number of benzene rings is 1. The first kappa shape index (κ1) is 19.2. The molecule has 1 fully saturated rings. The van der Waals surface area contributed by atoms with E-state index in [2.05, 4.69) is 39.2 Å². The molecule has 2 rings (SSSR count). The van der Waals surface area contributed by atoms with Crippen molar-refractivity contribution in [1.29, 1.82) is 0 Å². The van der Waals surface area contributed by atoms with E-state index in [0.29, 0.717) is 12.5 Å². The number of likely N-dealkylation sites (tertiary alicyclic amines) is 1. The summed E-state index contributed by atoms with van der Waals surface area (Å²) in [6.45, 7) is 4.17. The molecule has 25 heavy (non-hydrogen) atoms. The monoisotopic (exact) mass is 344 g/mol. The molecule has 1 heterocycles. The normalized spacial score (nSPS) is 17.4. The number of ether oxygens (including phenoxy) is 1. The average Bonchev–Trinajstić information content (AvgIpc) is 2.65. The zero-order chi connectivity index (χ0) is 18.1. The van der Waals surface area contributed by atoms with Crippen LogP contribution in [0.15, 0.2) is 42.5 Å². The van der Waals surface area contributed by atoms with Crippen LogP contribution < -0.4 is 5.32 Å². The van der Waals surface area contributed by atoms with Gasteiger partial charge in [0.05, 0.1) is 13.2 Å². The van der Waals surface area contributed by atoms with Crippen LogP contribution in [0.2, 0.25) is 0 Å². The zero-order valence-electron chi connectivity index (χ0n) is 15.1. The van der Waals surface area contributed by atoms with Gasteiger partial charge >= 0.3 is 5.97 Å². The largest absolute Gasteiger partial charge is 0.466 e. The summed E-state index contributed by atoms with van der Waals surface area (Å²) in [5.74, 6) is 0.274. The minimum atomic E-state index is -0.414. The third kappa shape index (κ3) is 6.35. The van der Waals surface area contributed by atoms with Gasteiger partial charge in [-0.2, -0.15) is 0 Å². The molecule has 5 heteroatoms. The van der Waals surface area contributed by atoms with E-state index >= 15 is 0 Å². The molecule has 1 amide bonds. The average molecular weight is 344 g/mol. The molecule has 0 aliphatic carbocycles. The number of amides is 1. The second-order valence-corrected chi connectivity index (χ2v) is 6.52. The van der Waals surface area contributed by atoms with E-state index in [1.165, 1.54) is 18.7 Å². The maximum absolute atomic E-state index is 12.2. The quantitative estimate of drug-likeness (QED) is 0.608. The summed E-state index contributed by atoms with van der Waals surface area (Å²) in [5.41, 5.74) is 1.39. The molecule has 0 radical (unpaired) electrons.